The summed E-state index contributed by atoms with van der Waals surface area (Å²) in [6.45, 7) is 1.73. The molecule has 0 unspecified atom stereocenters. The summed E-state index contributed by atoms with van der Waals surface area (Å²) < 4.78 is 0.703. The third-order valence-electron chi connectivity index (χ3n) is 1.59. The van der Waals surface area contributed by atoms with Crippen molar-refractivity contribution in [2.75, 3.05) is 5.32 Å². The predicted molar refractivity (Wildman–Crippen MR) is 56.2 cm³/mol. The standard InChI is InChI=1S/C9H9BrN2O2/c1-2-8(14)12-9-6(5-13)3-7(10)4-11-9/h3-5H,2H2,1H3,(H,11,12,14). The van der Waals surface area contributed by atoms with E-state index in [1.807, 2.05) is 0 Å². The molecule has 1 aromatic heterocycles. The Labute approximate surface area is 89.9 Å². The van der Waals surface area contributed by atoms with E-state index in [0.717, 1.165) is 0 Å². The fraction of sp³-hybridized carbons (Fsp3) is 0.222. The van der Waals surface area contributed by atoms with Crippen LogP contribution < -0.4 is 5.32 Å². The van der Waals surface area contributed by atoms with Crippen LogP contribution in [0.2, 0.25) is 0 Å². The van der Waals surface area contributed by atoms with Crippen molar-refractivity contribution in [3.8, 4) is 0 Å². The molecule has 0 radical (unpaired) electrons. The number of aldehydes is 1. The summed E-state index contributed by atoms with van der Waals surface area (Å²) in [6.07, 6.45) is 2.54. The van der Waals surface area contributed by atoms with Gasteiger partial charge in [-0.1, -0.05) is 6.92 Å². The zero-order valence-electron chi connectivity index (χ0n) is 7.58. The normalized spacial score (nSPS) is 9.57. The van der Waals surface area contributed by atoms with E-state index < -0.39 is 0 Å². The van der Waals surface area contributed by atoms with Gasteiger partial charge >= 0.3 is 0 Å². The van der Waals surface area contributed by atoms with Crippen LogP contribution in [0, 0.1) is 0 Å². The minimum atomic E-state index is -0.164. The summed E-state index contributed by atoms with van der Waals surface area (Å²) in [4.78, 5) is 25.6. The molecule has 1 amide bonds. The Kier molecular flexibility index (Phi) is 3.76. The molecule has 14 heavy (non-hydrogen) atoms. The number of hydrogen-bond donors (Lipinski definition) is 1. The Morgan fingerprint density at radius 1 is 1.71 bits per heavy atom. The molecule has 0 bridgehead atoms. The largest absolute Gasteiger partial charge is 0.310 e. The Balaban J connectivity index is 2.96. The molecule has 0 aliphatic heterocycles. The van der Waals surface area contributed by atoms with Gasteiger partial charge in [0.2, 0.25) is 5.91 Å². The maximum Gasteiger partial charge on any atom is 0.225 e. The molecule has 4 nitrogen and oxygen atoms in total. The van der Waals surface area contributed by atoms with Crippen LogP contribution in [0.15, 0.2) is 16.7 Å². The Hall–Kier alpha value is -1.23. The Bertz CT molecular complexity index is 366. The van der Waals surface area contributed by atoms with Gasteiger partial charge in [0.05, 0.1) is 5.56 Å². The second kappa shape index (κ2) is 4.85. The van der Waals surface area contributed by atoms with Gasteiger partial charge in [0.25, 0.3) is 0 Å². The predicted octanol–water partition coefficient (Wildman–Crippen LogP) is 2.01. The van der Waals surface area contributed by atoms with Crippen LogP contribution in [-0.4, -0.2) is 17.2 Å². The SMILES string of the molecule is CCC(=O)Nc1ncc(Br)cc1C=O. The summed E-state index contributed by atoms with van der Waals surface area (Å²) >= 11 is 3.19. The smallest absolute Gasteiger partial charge is 0.225 e. The van der Waals surface area contributed by atoms with Crippen molar-refractivity contribution in [1.29, 1.82) is 0 Å². The van der Waals surface area contributed by atoms with Gasteiger partial charge in [-0.05, 0) is 22.0 Å². The minimum Gasteiger partial charge on any atom is -0.310 e. The quantitative estimate of drug-likeness (QED) is 0.842. The summed E-state index contributed by atoms with van der Waals surface area (Å²) in [5, 5.41) is 2.54. The first-order valence-corrected chi connectivity index (χ1v) is 4.87. The van der Waals surface area contributed by atoms with E-state index in [1.54, 1.807) is 13.0 Å². The second-order valence-corrected chi connectivity index (χ2v) is 3.53. The van der Waals surface area contributed by atoms with Crippen LogP contribution in [0.3, 0.4) is 0 Å². The summed E-state index contributed by atoms with van der Waals surface area (Å²) in [5.41, 5.74) is 0.362. The number of halogens is 1. The fourth-order valence-corrected chi connectivity index (χ4v) is 1.22. The molecule has 0 saturated heterocycles. The van der Waals surface area contributed by atoms with Crippen molar-refractivity contribution >= 4 is 33.9 Å². The topological polar surface area (TPSA) is 59.1 Å². The first-order valence-electron chi connectivity index (χ1n) is 4.08. The van der Waals surface area contributed by atoms with Crippen LogP contribution in [0.1, 0.15) is 23.7 Å². The number of anilines is 1. The zero-order valence-corrected chi connectivity index (χ0v) is 9.17. The molecule has 0 spiro atoms. The first-order chi connectivity index (χ1) is 6.67. The second-order valence-electron chi connectivity index (χ2n) is 2.61. The molecule has 1 N–H and O–H groups in total. The van der Waals surface area contributed by atoms with Gasteiger partial charge in [-0.25, -0.2) is 4.98 Å². The van der Waals surface area contributed by atoms with Crippen molar-refractivity contribution in [2.24, 2.45) is 0 Å². The molecule has 1 heterocycles. The maximum absolute atomic E-state index is 11.1. The molecule has 0 aliphatic rings. The molecule has 5 heteroatoms. The van der Waals surface area contributed by atoms with Gasteiger partial charge < -0.3 is 5.32 Å². The Morgan fingerprint density at radius 2 is 2.43 bits per heavy atom. The van der Waals surface area contributed by atoms with E-state index >= 15 is 0 Å². The van der Waals surface area contributed by atoms with E-state index in [4.69, 9.17) is 0 Å². The van der Waals surface area contributed by atoms with Crippen molar-refractivity contribution in [3.05, 3.63) is 22.3 Å². The molecule has 0 aromatic carbocycles. The van der Waals surface area contributed by atoms with Crippen molar-refractivity contribution < 1.29 is 9.59 Å². The average molecular weight is 257 g/mol. The Morgan fingerprint density at radius 3 is 3.00 bits per heavy atom. The molecule has 0 saturated carbocycles. The number of carbonyl (C=O) groups excluding carboxylic acids is 2. The van der Waals surface area contributed by atoms with Crippen LogP contribution >= 0.6 is 15.9 Å². The lowest BCUT2D eigenvalue weighted by Gasteiger charge is -2.04. The lowest BCUT2D eigenvalue weighted by atomic mass is 10.3. The number of nitrogens with one attached hydrogen (secondary N) is 1. The first kappa shape index (κ1) is 10.8. The maximum atomic E-state index is 11.1. The lowest BCUT2D eigenvalue weighted by Crippen LogP contribution is -2.12. The average Bonchev–Trinajstić information content (AvgIpc) is 2.20. The number of carbonyl (C=O) groups is 2. The van der Waals surface area contributed by atoms with E-state index in [2.05, 4.69) is 26.2 Å². The number of hydrogen-bond acceptors (Lipinski definition) is 3. The molecular weight excluding hydrogens is 248 g/mol. The van der Waals surface area contributed by atoms with Crippen LogP contribution in [0.4, 0.5) is 5.82 Å². The molecule has 1 rings (SSSR count). The number of amides is 1. The third-order valence-corrected chi connectivity index (χ3v) is 2.02. The molecule has 0 fully saturated rings. The number of aromatic nitrogens is 1. The highest BCUT2D eigenvalue weighted by atomic mass is 79.9. The van der Waals surface area contributed by atoms with Crippen molar-refractivity contribution in [2.45, 2.75) is 13.3 Å². The minimum absolute atomic E-state index is 0.164. The molecule has 74 valence electrons. The van der Waals surface area contributed by atoms with Crippen LogP contribution in [-0.2, 0) is 4.79 Å². The van der Waals surface area contributed by atoms with E-state index in [9.17, 15) is 9.59 Å². The van der Waals surface area contributed by atoms with Gasteiger partial charge in [0.15, 0.2) is 6.29 Å². The number of nitrogens with zero attached hydrogens (tertiary/aromatic N) is 1. The zero-order chi connectivity index (χ0) is 10.6. The van der Waals surface area contributed by atoms with E-state index in [1.165, 1.54) is 6.20 Å². The van der Waals surface area contributed by atoms with Gasteiger partial charge in [0, 0.05) is 17.1 Å². The van der Waals surface area contributed by atoms with Gasteiger partial charge in [-0.3, -0.25) is 9.59 Å². The highest BCUT2D eigenvalue weighted by Gasteiger charge is 2.06. The van der Waals surface area contributed by atoms with E-state index in [-0.39, 0.29) is 5.91 Å². The van der Waals surface area contributed by atoms with Crippen molar-refractivity contribution in [3.63, 3.8) is 0 Å². The van der Waals surface area contributed by atoms with Crippen LogP contribution in [0.25, 0.3) is 0 Å². The van der Waals surface area contributed by atoms with Gasteiger partial charge in [-0.15, -0.1) is 0 Å². The molecule has 0 atom stereocenters. The highest BCUT2D eigenvalue weighted by Crippen LogP contribution is 2.16. The third kappa shape index (κ3) is 2.63. The molecule has 1 aromatic rings. The summed E-state index contributed by atoms with van der Waals surface area (Å²) in [7, 11) is 0. The monoisotopic (exact) mass is 256 g/mol. The lowest BCUT2D eigenvalue weighted by molar-refractivity contribution is -0.115. The summed E-state index contributed by atoms with van der Waals surface area (Å²) in [5.74, 6) is 0.137. The highest BCUT2D eigenvalue weighted by molar-refractivity contribution is 9.10. The van der Waals surface area contributed by atoms with Crippen LogP contribution in [0.5, 0.6) is 0 Å². The van der Waals surface area contributed by atoms with Crippen molar-refractivity contribution in [1.82, 2.24) is 4.98 Å². The number of pyridine rings is 1. The number of rotatable bonds is 3. The van der Waals surface area contributed by atoms with Gasteiger partial charge in [-0.2, -0.15) is 0 Å². The molecular formula is C9H9BrN2O2. The van der Waals surface area contributed by atoms with Gasteiger partial charge in [0.1, 0.15) is 5.82 Å². The molecule has 0 aliphatic carbocycles. The van der Waals surface area contributed by atoms with E-state index in [0.29, 0.717) is 28.6 Å². The fourth-order valence-electron chi connectivity index (χ4n) is 0.870. The summed E-state index contributed by atoms with van der Waals surface area (Å²) in [6, 6.07) is 1.60.